The van der Waals surface area contributed by atoms with Crippen molar-refractivity contribution in [3.05, 3.63) is 47.8 Å². The highest BCUT2D eigenvalue weighted by Gasteiger charge is 2.44. The second kappa shape index (κ2) is 12.1. The van der Waals surface area contributed by atoms with Crippen molar-refractivity contribution in [1.29, 1.82) is 0 Å². The van der Waals surface area contributed by atoms with Crippen LogP contribution in [0.5, 0.6) is 0 Å². The van der Waals surface area contributed by atoms with Gasteiger partial charge in [0.1, 0.15) is 12.6 Å². The molecule has 0 radical (unpaired) electrons. The topological polar surface area (TPSA) is 118 Å². The van der Waals surface area contributed by atoms with E-state index >= 15 is 0 Å². The molecule has 0 aliphatic carbocycles. The van der Waals surface area contributed by atoms with Gasteiger partial charge in [0.25, 0.3) is 0 Å². The second-order valence-electron chi connectivity index (χ2n) is 9.72. The minimum absolute atomic E-state index is 0.0562. The maximum absolute atomic E-state index is 13.9. The minimum Gasteiger partial charge on any atom is -0.372 e. The van der Waals surface area contributed by atoms with Gasteiger partial charge in [0.05, 0.1) is 11.1 Å². The Bertz CT molecular complexity index is 1030. The van der Waals surface area contributed by atoms with E-state index in [0.717, 1.165) is 17.7 Å². The standard InChI is InChI=1S/C26H36N6O4/c1-2-15-36-19-23(33)31-13-9-26(10-14-31)17-21-18-32(30-29-21)12-6-11-27-24(34)22(28-25(26)35)16-20-7-4-3-5-8-20/h3-5,7-8,18,22H,2,6,9-17,19H2,1H3,(H,27,34)(H,28,35)/t22-/m0/s1. The van der Waals surface area contributed by atoms with Crippen molar-refractivity contribution in [2.75, 3.05) is 32.8 Å². The van der Waals surface area contributed by atoms with E-state index in [4.69, 9.17) is 4.74 Å². The average Bonchev–Trinajstić information content (AvgIpc) is 3.33. The van der Waals surface area contributed by atoms with Gasteiger partial charge in [-0.1, -0.05) is 42.5 Å². The van der Waals surface area contributed by atoms with E-state index in [1.807, 2.05) is 43.5 Å². The van der Waals surface area contributed by atoms with Gasteiger partial charge in [-0.3, -0.25) is 19.1 Å². The quantitative estimate of drug-likeness (QED) is 0.579. The van der Waals surface area contributed by atoms with Gasteiger partial charge in [0, 0.05) is 51.8 Å². The lowest BCUT2D eigenvalue weighted by atomic mass is 9.73. The van der Waals surface area contributed by atoms with Crippen LogP contribution in [0, 0.1) is 5.41 Å². The maximum Gasteiger partial charge on any atom is 0.248 e. The number of rotatable bonds is 6. The predicted octanol–water partition coefficient (Wildman–Crippen LogP) is 1.10. The van der Waals surface area contributed by atoms with Gasteiger partial charge in [-0.2, -0.15) is 0 Å². The fourth-order valence-corrected chi connectivity index (χ4v) is 4.89. The number of hydrogen-bond acceptors (Lipinski definition) is 6. The number of benzene rings is 1. The first kappa shape index (κ1) is 25.8. The van der Waals surface area contributed by atoms with Crippen LogP contribution in [0.25, 0.3) is 0 Å². The molecule has 1 saturated heterocycles. The maximum atomic E-state index is 13.9. The number of aryl methyl sites for hydroxylation is 1. The van der Waals surface area contributed by atoms with Crippen LogP contribution in [0.2, 0.25) is 0 Å². The number of amides is 3. The van der Waals surface area contributed by atoms with Gasteiger partial charge >= 0.3 is 0 Å². The van der Waals surface area contributed by atoms with E-state index in [-0.39, 0.29) is 24.3 Å². The monoisotopic (exact) mass is 496 g/mol. The van der Waals surface area contributed by atoms with Crippen LogP contribution in [0.4, 0.5) is 0 Å². The largest absolute Gasteiger partial charge is 0.372 e. The third-order valence-corrected chi connectivity index (χ3v) is 7.00. The molecule has 1 fully saturated rings. The summed E-state index contributed by atoms with van der Waals surface area (Å²) in [6.07, 6.45) is 5.22. The lowest BCUT2D eigenvalue weighted by Gasteiger charge is -2.41. The summed E-state index contributed by atoms with van der Waals surface area (Å²) in [6.45, 7) is 4.62. The summed E-state index contributed by atoms with van der Waals surface area (Å²) in [4.78, 5) is 41.3. The van der Waals surface area contributed by atoms with Crippen molar-refractivity contribution in [3.63, 3.8) is 0 Å². The number of nitrogens with one attached hydrogen (secondary N) is 2. The number of nitrogens with zero attached hydrogens (tertiary/aromatic N) is 4. The molecule has 2 aromatic rings. The van der Waals surface area contributed by atoms with Crippen LogP contribution in [0.15, 0.2) is 36.5 Å². The molecule has 2 aliphatic heterocycles. The van der Waals surface area contributed by atoms with Gasteiger partial charge in [0.15, 0.2) is 0 Å². The summed E-state index contributed by atoms with van der Waals surface area (Å²) in [5.41, 5.74) is 0.936. The third kappa shape index (κ3) is 6.48. The Labute approximate surface area is 211 Å². The smallest absolute Gasteiger partial charge is 0.248 e. The van der Waals surface area contributed by atoms with E-state index in [9.17, 15) is 14.4 Å². The second-order valence-corrected chi connectivity index (χ2v) is 9.72. The fourth-order valence-electron chi connectivity index (χ4n) is 4.89. The Morgan fingerprint density at radius 2 is 1.94 bits per heavy atom. The van der Waals surface area contributed by atoms with Crippen molar-refractivity contribution in [2.24, 2.45) is 5.41 Å². The number of carbonyl (C=O) groups excluding carboxylic acids is 3. The van der Waals surface area contributed by atoms with Crippen molar-refractivity contribution in [2.45, 2.75) is 58.0 Å². The van der Waals surface area contributed by atoms with E-state index in [1.54, 1.807) is 9.58 Å². The highest BCUT2D eigenvalue weighted by atomic mass is 16.5. The Morgan fingerprint density at radius 3 is 2.69 bits per heavy atom. The number of fused-ring (bicyclic) bond motifs is 2. The lowest BCUT2D eigenvalue weighted by Crippen LogP contribution is -2.56. The molecule has 2 aliphatic rings. The van der Waals surface area contributed by atoms with Crippen molar-refractivity contribution < 1.29 is 19.1 Å². The average molecular weight is 497 g/mol. The first-order valence-electron chi connectivity index (χ1n) is 12.9. The Hall–Kier alpha value is -3.27. The fraction of sp³-hybridized carbons (Fsp3) is 0.577. The molecular weight excluding hydrogens is 460 g/mol. The van der Waals surface area contributed by atoms with Gasteiger partial charge in [-0.05, 0) is 31.2 Å². The highest BCUT2D eigenvalue weighted by molar-refractivity contribution is 5.90. The summed E-state index contributed by atoms with van der Waals surface area (Å²) >= 11 is 0. The van der Waals surface area contributed by atoms with Crippen molar-refractivity contribution >= 4 is 17.7 Å². The first-order valence-corrected chi connectivity index (χ1v) is 12.9. The molecular formula is C26H36N6O4. The Balaban J connectivity index is 1.54. The van der Waals surface area contributed by atoms with Crippen LogP contribution >= 0.6 is 0 Å². The molecule has 10 heteroatoms. The van der Waals surface area contributed by atoms with Crippen LogP contribution in [-0.4, -0.2) is 76.5 Å². The molecule has 1 aromatic heterocycles. The molecule has 3 heterocycles. The van der Waals surface area contributed by atoms with Gasteiger partial charge < -0.3 is 20.3 Å². The SMILES string of the molecule is CCCOCC(=O)N1CCC2(CC1)Cc1cn(nn1)CCCNC(=O)[C@H](Cc1ccccc1)NC2=O. The zero-order valence-electron chi connectivity index (χ0n) is 20.9. The molecule has 3 amide bonds. The molecule has 2 bridgehead atoms. The molecule has 10 nitrogen and oxygen atoms in total. The van der Waals surface area contributed by atoms with Crippen LogP contribution in [0.1, 0.15) is 43.9 Å². The summed E-state index contributed by atoms with van der Waals surface area (Å²) in [6, 6.07) is 9.01. The van der Waals surface area contributed by atoms with E-state index in [2.05, 4.69) is 20.9 Å². The Kier molecular flexibility index (Phi) is 8.69. The number of ether oxygens (including phenoxy) is 1. The molecule has 1 aromatic carbocycles. The van der Waals surface area contributed by atoms with E-state index in [1.165, 1.54) is 0 Å². The van der Waals surface area contributed by atoms with Gasteiger partial charge in [-0.15, -0.1) is 5.10 Å². The lowest BCUT2D eigenvalue weighted by molar-refractivity contribution is -0.144. The molecule has 1 spiro atoms. The van der Waals surface area contributed by atoms with Crippen LogP contribution < -0.4 is 10.6 Å². The van der Waals surface area contributed by atoms with Crippen molar-refractivity contribution in [1.82, 2.24) is 30.5 Å². The summed E-state index contributed by atoms with van der Waals surface area (Å²) in [5.74, 6) is -0.432. The van der Waals surface area contributed by atoms with Crippen LogP contribution in [-0.2, 0) is 38.5 Å². The molecule has 4 rings (SSSR count). The number of likely N-dealkylation sites (tertiary alicyclic amines) is 1. The summed E-state index contributed by atoms with van der Waals surface area (Å²) in [5, 5.41) is 14.6. The molecule has 1 atom stereocenters. The summed E-state index contributed by atoms with van der Waals surface area (Å²) in [7, 11) is 0. The molecule has 0 unspecified atom stereocenters. The third-order valence-electron chi connectivity index (χ3n) is 7.00. The number of carbonyl (C=O) groups is 3. The first-order chi connectivity index (χ1) is 17.5. The van der Waals surface area contributed by atoms with E-state index < -0.39 is 11.5 Å². The normalized spacial score (nSPS) is 20.6. The number of aromatic nitrogens is 3. The zero-order valence-corrected chi connectivity index (χ0v) is 20.9. The van der Waals surface area contributed by atoms with Crippen LogP contribution in [0.3, 0.4) is 0 Å². The zero-order chi connectivity index (χ0) is 25.4. The minimum atomic E-state index is -0.787. The van der Waals surface area contributed by atoms with Gasteiger partial charge in [0.2, 0.25) is 17.7 Å². The highest BCUT2D eigenvalue weighted by Crippen LogP contribution is 2.35. The predicted molar refractivity (Wildman–Crippen MR) is 133 cm³/mol. The molecule has 36 heavy (non-hydrogen) atoms. The van der Waals surface area contributed by atoms with Gasteiger partial charge in [-0.25, -0.2) is 0 Å². The molecule has 2 N–H and O–H groups in total. The number of hydrogen-bond donors (Lipinski definition) is 2. The number of piperidine rings is 1. The molecule has 194 valence electrons. The summed E-state index contributed by atoms with van der Waals surface area (Å²) < 4.78 is 7.19. The molecule has 0 saturated carbocycles. The Morgan fingerprint density at radius 1 is 1.17 bits per heavy atom. The van der Waals surface area contributed by atoms with E-state index in [0.29, 0.717) is 64.9 Å². The van der Waals surface area contributed by atoms with Crippen molar-refractivity contribution in [3.8, 4) is 0 Å².